The van der Waals surface area contributed by atoms with Crippen molar-refractivity contribution in [2.75, 3.05) is 32.6 Å². The number of nitro benzene ring substituents is 1. The normalized spacial score (nSPS) is 10.2. The van der Waals surface area contributed by atoms with Crippen molar-refractivity contribution in [3.05, 3.63) is 57.6 Å². The minimum atomic E-state index is -0.680. The number of ether oxygens (including phenoxy) is 2. The maximum absolute atomic E-state index is 12.6. The standard InChI is InChI=1S/C20H23N3O6/c1-5-22(6-2)20(25)13-7-9-14(10-8-13)21-19(24)15-11-17(28-3)18(29-4)12-16(15)23(26)27/h7-12H,5-6H2,1-4H3,(H,21,24). The van der Waals surface area contributed by atoms with Crippen molar-refractivity contribution in [3.8, 4) is 11.5 Å². The van der Waals surface area contributed by atoms with Gasteiger partial charge in [0.05, 0.1) is 25.2 Å². The molecule has 0 radical (unpaired) electrons. The molecule has 9 heteroatoms. The van der Waals surface area contributed by atoms with Crippen LogP contribution in [0.4, 0.5) is 11.4 Å². The van der Waals surface area contributed by atoms with E-state index in [9.17, 15) is 19.7 Å². The Kier molecular flexibility index (Phi) is 7.13. The van der Waals surface area contributed by atoms with Crippen LogP contribution >= 0.6 is 0 Å². The van der Waals surface area contributed by atoms with E-state index in [0.29, 0.717) is 24.3 Å². The first-order valence-electron chi connectivity index (χ1n) is 8.97. The van der Waals surface area contributed by atoms with Crippen molar-refractivity contribution < 1.29 is 24.0 Å². The summed E-state index contributed by atoms with van der Waals surface area (Å²) in [6.07, 6.45) is 0. The second-order valence-electron chi connectivity index (χ2n) is 5.99. The molecule has 0 aromatic heterocycles. The molecule has 154 valence electrons. The smallest absolute Gasteiger partial charge is 0.286 e. The number of hydrogen-bond acceptors (Lipinski definition) is 6. The molecule has 0 atom stereocenters. The number of nitro groups is 1. The van der Waals surface area contributed by atoms with Gasteiger partial charge in [-0.15, -0.1) is 0 Å². The van der Waals surface area contributed by atoms with E-state index >= 15 is 0 Å². The molecule has 0 spiro atoms. The highest BCUT2D eigenvalue weighted by Crippen LogP contribution is 2.34. The van der Waals surface area contributed by atoms with Gasteiger partial charge in [-0.3, -0.25) is 19.7 Å². The van der Waals surface area contributed by atoms with Gasteiger partial charge in [-0.05, 0) is 38.1 Å². The Labute approximate surface area is 168 Å². The molecule has 2 amide bonds. The largest absolute Gasteiger partial charge is 0.493 e. The number of hydrogen-bond donors (Lipinski definition) is 1. The zero-order chi connectivity index (χ0) is 21.6. The summed E-state index contributed by atoms with van der Waals surface area (Å²) in [7, 11) is 2.72. The first kappa shape index (κ1) is 21.7. The van der Waals surface area contributed by atoms with Crippen molar-refractivity contribution in [1.29, 1.82) is 0 Å². The summed E-state index contributed by atoms with van der Waals surface area (Å²) in [4.78, 5) is 37.4. The number of methoxy groups -OCH3 is 2. The van der Waals surface area contributed by atoms with Crippen LogP contribution in [0.1, 0.15) is 34.6 Å². The zero-order valence-electron chi connectivity index (χ0n) is 16.7. The van der Waals surface area contributed by atoms with E-state index in [2.05, 4.69) is 5.32 Å². The first-order valence-corrected chi connectivity index (χ1v) is 8.97. The number of carbonyl (C=O) groups excluding carboxylic acids is 2. The van der Waals surface area contributed by atoms with Crippen LogP contribution in [0, 0.1) is 10.1 Å². The summed E-state index contributed by atoms with van der Waals surface area (Å²) < 4.78 is 10.2. The zero-order valence-corrected chi connectivity index (χ0v) is 16.7. The van der Waals surface area contributed by atoms with Gasteiger partial charge >= 0.3 is 0 Å². The van der Waals surface area contributed by atoms with Crippen molar-refractivity contribution in [1.82, 2.24) is 4.90 Å². The average molecular weight is 401 g/mol. The highest BCUT2D eigenvalue weighted by atomic mass is 16.6. The second-order valence-corrected chi connectivity index (χ2v) is 5.99. The van der Waals surface area contributed by atoms with E-state index in [-0.39, 0.29) is 23.0 Å². The Balaban J connectivity index is 2.28. The summed E-state index contributed by atoms with van der Waals surface area (Å²) in [5.74, 6) is -0.442. The summed E-state index contributed by atoms with van der Waals surface area (Å²) in [5, 5.41) is 14.0. The van der Waals surface area contributed by atoms with Gasteiger partial charge in [0, 0.05) is 30.4 Å². The lowest BCUT2D eigenvalue weighted by Gasteiger charge is -2.18. The Hall–Kier alpha value is -3.62. The van der Waals surface area contributed by atoms with Crippen LogP contribution in [0.2, 0.25) is 0 Å². The molecule has 0 fully saturated rings. The van der Waals surface area contributed by atoms with E-state index in [1.165, 1.54) is 20.3 Å². The van der Waals surface area contributed by atoms with Crippen LogP contribution in [-0.2, 0) is 0 Å². The van der Waals surface area contributed by atoms with Gasteiger partial charge < -0.3 is 19.7 Å². The minimum Gasteiger partial charge on any atom is -0.493 e. The van der Waals surface area contributed by atoms with Crippen LogP contribution in [0.15, 0.2) is 36.4 Å². The van der Waals surface area contributed by atoms with Gasteiger partial charge in [-0.2, -0.15) is 0 Å². The molecular formula is C20H23N3O6. The summed E-state index contributed by atoms with van der Waals surface area (Å²) in [6, 6.07) is 8.73. The van der Waals surface area contributed by atoms with Crippen molar-refractivity contribution in [2.45, 2.75) is 13.8 Å². The molecule has 0 saturated heterocycles. The molecule has 0 saturated carbocycles. The molecule has 0 aliphatic carbocycles. The van der Waals surface area contributed by atoms with Crippen LogP contribution in [-0.4, -0.2) is 48.9 Å². The Bertz CT molecular complexity index is 907. The maximum Gasteiger partial charge on any atom is 0.286 e. The molecule has 29 heavy (non-hydrogen) atoms. The van der Waals surface area contributed by atoms with Crippen molar-refractivity contribution in [2.24, 2.45) is 0 Å². The van der Waals surface area contributed by atoms with Crippen LogP contribution in [0.5, 0.6) is 11.5 Å². The molecule has 2 aromatic carbocycles. The SMILES string of the molecule is CCN(CC)C(=O)c1ccc(NC(=O)c2cc(OC)c(OC)cc2[N+](=O)[O-])cc1. The second kappa shape index (κ2) is 9.54. The predicted octanol–water partition coefficient (Wildman–Crippen LogP) is 3.35. The third-order valence-electron chi connectivity index (χ3n) is 4.38. The summed E-state index contributed by atoms with van der Waals surface area (Å²) >= 11 is 0. The van der Waals surface area contributed by atoms with Crippen LogP contribution in [0.25, 0.3) is 0 Å². The number of benzene rings is 2. The van der Waals surface area contributed by atoms with Crippen LogP contribution < -0.4 is 14.8 Å². The number of nitrogens with zero attached hydrogens (tertiary/aromatic N) is 2. The Morgan fingerprint density at radius 3 is 2.07 bits per heavy atom. The lowest BCUT2D eigenvalue weighted by molar-refractivity contribution is -0.385. The van der Waals surface area contributed by atoms with E-state index in [0.717, 1.165) is 6.07 Å². The monoisotopic (exact) mass is 401 g/mol. The van der Waals surface area contributed by atoms with Gasteiger partial charge in [-0.25, -0.2) is 0 Å². The molecule has 0 bridgehead atoms. The van der Waals surface area contributed by atoms with E-state index in [1.54, 1.807) is 29.2 Å². The molecule has 1 N–H and O–H groups in total. The highest BCUT2D eigenvalue weighted by molar-refractivity contribution is 6.07. The van der Waals surface area contributed by atoms with Crippen molar-refractivity contribution in [3.63, 3.8) is 0 Å². The van der Waals surface area contributed by atoms with E-state index in [1.807, 2.05) is 13.8 Å². The highest BCUT2D eigenvalue weighted by Gasteiger charge is 2.24. The van der Waals surface area contributed by atoms with Gasteiger partial charge in [-0.1, -0.05) is 0 Å². The molecule has 2 rings (SSSR count). The minimum absolute atomic E-state index is 0.108. The quantitative estimate of drug-likeness (QED) is 0.536. The van der Waals surface area contributed by atoms with E-state index < -0.39 is 16.5 Å². The lowest BCUT2D eigenvalue weighted by atomic mass is 10.1. The molecule has 0 unspecified atom stereocenters. The molecule has 0 aliphatic rings. The van der Waals surface area contributed by atoms with Crippen LogP contribution in [0.3, 0.4) is 0 Å². The lowest BCUT2D eigenvalue weighted by Crippen LogP contribution is -2.30. The fourth-order valence-electron chi connectivity index (χ4n) is 2.79. The fraction of sp³-hybridized carbons (Fsp3) is 0.300. The summed E-state index contributed by atoms with van der Waals surface area (Å²) in [6.45, 7) is 4.98. The Morgan fingerprint density at radius 2 is 1.59 bits per heavy atom. The first-order chi connectivity index (χ1) is 13.9. The topological polar surface area (TPSA) is 111 Å². The number of anilines is 1. The number of rotatable bonds is 8. The molecule has 2 aromatic rings. The van der Waals surface area contributed by atoms with Crippen molar-refractivity contribution >= 4 is 23.2 Å². The molecule has 0 aliphatic heterocycles. The summed E-state index contributed by atoms with van der Waals surface area (Å²) in [5.41, 5.74) is 0.309. The number of amides is 2. The molecule has 0 heterocycles. The molecule has 9 nitrogen and oxygen atoms in total. The maximum atomic E-state index is 12.6. The number of nitrogens with one attached hydrogen (secondary N) is 1. The third kappa shape index (κ3) is 4.81. The number of carbonyl (C=O) groups is 2. The Morgan fingerprint density at radius 1 is 1.03 bits per heavy atom. The fourth-order valence-corrected chi connectivity index (χ4v) is 2.79. The average Bonchev–Trinajstić information content (AvgIpc) is 2.73. The van der Waals surface area contributed by atoms with Gasteiger partial charge in [0.15, 0.2) is 11.5 Å². The van der Waals surface area contributed by atoms with Gasteiger partial charge in [0.1, 0.15) is 5.56 Å². The van der Waals surface area contributed by atoms with Gasteiger partial charge in [0.25, 0.3) is 17.5 Å². The third-order valence-corrected chi connectivity index (χ3v) is 4.38. The van der Waals surface area contributed by atoms with E-state index in [4.69, 9.17) is 9.47 Å². The molecular weight excluding hydrogens is 378 g/mol. The predicted molar refractivity (Wildman–Crippen MR) is 108 cm³/mol. The van der Waals surface area contributed by atoms with Gasteiger partial charge in [0.2, 0.25) is 0 Å².